The Morgan fingerprint density at radius 1 is 0.960 bits per heavy atom. The average molecular weight is 381 g/mol. The second-order valence-electron chi connectivity index (χ2n) is 6.27. The van der Waals surface area contributed by atoms with Gasteiger partial charge >= 0.3 is 0 Å². The van der Waals surface area contributed by atoms with Crippen LogP contribution < -0.4 is 10.6 Å². The predicted molar refractivity (Wildman–Crippen MR) is 101 cm³/mol. The second kappa shape index (κ2) is 8.66. The molecular weight excluding hydrogens is 356 g/mol. The molecule has 0 unspecified atom stereocenters. The van der Waals surface area contributed by atoms with Gasteiger partial charge < -0.3 is 10.6 Å². The van der Waals surface area contributed by atoms with Gasteiger partial charge in [-0.3, -0.25) is 4.79 Å². The number of carbonyl (C=O) groups excluding carboxylic acids is 1. The van der Waals surface area contributed by atoms with Crippen molar-refractivity contribution in [3.63, 3.8) is 0 Å². The highest BCUT2D eigenvalue weighted by atomic mass is 32.1. The lowest BCUT2D eigenvalue weighted by atomic mass is 9.83. The Morgan fingerprint density at radius 3 is 2.08 bits per heavy atom. The van der Waals surface area contributed by atoms with Crippen molar-refractivity contribution >= 4 is 38.8 Å². The molecule has 3 rings (SSSR count). The first-order chi connectivity index (χ1) is 12.2. The Hall–Kier alpha value is -1.61. The fourth-order valence-corrected chi connectivity index (χ4v) is 4.81. The van der Waals surface area contributed by atoms with E-state index in [1.807, 2.05) is 6.92 Å². The van der Waals surface area contributed by atoms with Crippen molar-refractivity contribution in [3.8, 4) is 0 Å². The summed E-state index contributed by atoms with van der Waals surface area (Å²) in [5, 5.41) is 26.8. The molecule has 0 radical (unpaired) electrons. The Bertz CT molecular complexity index is 692. The van der Waals surface area contributed by atoms with Gasteiger partial charge in [0.2, 0.25) is 16.2 Å². The monoisotopic (exact) mass is 380 g/mol. The predicted octanol–water partition coefficient (Wildman–Crippen LogP) is 4.00. The summed E-state index contributed by atoms with van der Waals surface area (Å²) in [6, 6.07) is 0. The molecule has 0 spiro atoms. The van der Waals surface area contributed by atoms with E-state index < -0.39 is 0 Å². The number of aromatic nitrogens is 4. The molecule has 1 amide bonds. The third-order valence-electron chi connectivity index (χ3n) is 4.40. The lowest BCUT2D eigenvalue weighted by molar-refractivity contribution is -0.115. The van der Waals surface area contributed by atoms with Gasteiger partial charge in [0.05, 0.1) is 0 Å². The zero-order chi connectivity index (χ0) is 17.6. The molecule has 0 aromatic carbocycles. The molecule has 25 heavy (non-hydrogen) atoms. The lowest BCUT2D eigenvalue weighted by Crippen LogP contribution is -2.12. The third kappa shape index (κ3) is 4.72. The van der Waals surface area contributed by atoms with Crippen molar-refractivity contribution < 1.29 is 4.79 Å². The van der Waals surface area contributed by atoms with E-state index in [-0.39, 0.29) is 5.91 Å². The minimum atomic E-state index is -0.0184. The van der Waals surface area contributed by atoms with Gasteiger partial charge in [0.15, 0.2) is 0 Å². The topological polar surface area (TPSA) is 92.7 Å². The smallest absolute Gasteiger partial charge is 0.225 e. The minimum absolute atomic E-state index is 0.0184. The van der Waals surface area contributed by atoms with Crippen molar-refractivity contribution in [2.24, 2.45) is 0 Å². The van der Waals surface area contributed by atoms with E-state index >= 15 is 0 Å². The Morgan fingerprint density at radius 2 is 1.52 bits per heavy atom. The van der Waals surface area contributed by atoms with Crippen LogP contribution in [0, 0.1) is 0 Å². The van der Waals surface area contributed by atoms with Gasteiger partial charge in [-0.15, -0.1) is 20.4 Å². The summed E-state index contributed by atoms with van der Waals surface area (Å²) in [5.41, 5.74) is 0. The molecule has 1 aliphatic rings. The van der Waals surface area contributed by atoms with Gasteiger partial charge in [-0.1, -0.05) is 36.5 Å². The molecule has 0 bridgehead atoms. The fraction of sp³-hybridized carbons (Fsp3) is 0.688. The largest absolute Gasteiger partial charge is 0.360 e. The van der Waals surface area contributed by atoms with Crippen molar-refractivity contribution in [3.05, 3.63) is 10.0 Å². The number of carbonyl (C=O) groups is 1. The van der Waals surface area contributed by atoms with Crippen LogP contribution in [0.2, 0.25) is 0 Å². The number of anilines is 2. The van der Waals surface area contributed by atoms with Crippen LogP contribution in [-0.2, 0) is 4.79 Å². The standard InChI is InChI=1S/C16H24N6OS2/c1-3-9-17-15-21-19-13(24-15)10-5-7-11(8-6-10)14-20-22-16(25-14)18-12(23)4-2/h10-11H,3-9H2,1-2H3,(H,17,21)(H,18,22,23). The third-order valence-corrected chi connectivity index (χ3v) is 6.45. The number of nitrogens with zero attached hydrogens (tertiary/aromatic N) is 4. The molecule has 1 fully saturated rings. The van der Waals surface area contributed by atoms with E-state index in [0.717, 1.165) is 53.8 Å². The Kier molecular flexibility index (Phi) is 6.30. The highest BCUT2D eigenvalue weighted by molar-refractivity contribution is 7.15. The molecule has 2 heterocycles. The lowest BCUT2D eigenvalue weighted by Gasteiger charge is -2.25. The van der Waals surface area contributed by atoms with E-state index in [0.29, 0.717) is 23.4 Å². The first kappa shape index (κ1) is 18.2. The molecule has 7 nitrogen and oxygen atoms in total. The molecule has 2 aromatic heterocycles. The van der Waals surface area contributed by atoms with Gasteiger partial charge in [-0.2, -0.15) is 0 Å². The van der Waals surface area contributed by atoms with Gasteiger partial charge in [0.1, 0.15) is 10.0 Å². The van der Waals surface area contributed by atoms with Crippen LogP contribution in [0.1, 0.15) is 74.2 Å². The zero-order valence-electron chi connectivity index (χ0n) is 14.6. The molecule has 9 heteroatoms. The highest BCUT2D eigenvalue weighted by Crippen LogP contribution is 2.42. The fourth-order valence-electron chi connectivity index (χ4n) is 2.95. The maximum atomic E-state index is 11.4. The van der Waals surface area contributed by atoms with Crippen LogP contribution in [0.4, 0.5) is 10.3 Å². The normalized spacial score (nSPS) is 20.4. The summed E-state index contributed by atoms with van der Waals surface area (Å²) in [6.45, 7) is 4.91. The first-order valence-corrected chi connectivity index (χ1v) is 10.5. The zero-order valence-corrected chi connectivity index (χ0v) is 16.3. The average Bonchev–Trinajstić information content (AvgIpc) is 3.29. The SMILES string of the molecule is CCCNc1nnc(C2CCC(c3nnc(NC(=O)CC)s3)CC2)s1. The molecule has 2 N–H and O–H groups in total. The number of hydrogen-bond donors (Lipinski definition) is 2. The summed E-state index contributed by atoms with van der Waals surface area (Å²) >= 11 is 3.19. The molecule has 136 valence electrons. The van der Waals surface area contributed by atoms with Gasteiger partial charge in [0.25, 0.3) is 0 Å². The van der Waals surface area contributed by atoms with Crippen molar-refractivity contribution in [2.75, 3.05) is 17.2 Å². The Labute approximate surface area is 155 Å². The molecule has 0 aliphatic heterocycles. The van der Waals surface area contributed by atoms with Crippen LogP contribution in [0.25, 0.3) is 0 Å². The van der Waals surface area contributed by atoms with E-state index in [1.54, 1.807) is 11.3 Å². The van der Waals surface area contributed by atoms with Gasteiger partial charge in [0, 0.05) is 24.8 Å². The van der Waals surface area contributed by atoms with Crippen molar-refractivity contribution in [2.45, 2.75) is 64.2 Å². The molecule has 1 saturated carbocycles. The Balaban J connectivity index is 1.53. The van der Waals surface area contributed by atoms with Crippen LogP contribution in [-0.4, -0.2) is 32.8 Å². The van der Waals surface area contributed by atoms with Crippen molar-refractivity contribution in [1.82, 2.24) is 20.4 Å². The second-order valence-corrected chi connectivity index (χ2v) is 8.29. The van der Waals surface area contributed by atoms with Gasteiger partial charge in [-0.05, 0) is 32.1 Å². The maximum Gasteiger partial charge on any atom is 0.225 e. The number of nitrogens with one attached hydrogen (secondary N) is 2. The van der Waals surface area contributed by atoms with Gasteiger partial charge in [-0.25, -0.2) is 0 Å². The summed E-state index contributed by atoms with van der Waals surface area (Å²) < 4.78 is 0. The maximum absolute atomic E-state index is 11.4. The van der Waals surface area contributed by atoms with Crippen molar-refractivity contribution in [1.29, 1.82) is 0 Å². The van der Waals surface area contributed by atoms with E-state index in [4.69, 9.17) is 0 Å². The first-order valence-electron chi connectivity index (χ1n) is 8.90. The number of amides is 1. The quantitative estimate of drug-likeness (QED) is 0.754. The van der Waals surface area contributed by atoms with E-state index in [2.05, 4.69) is 38.0 Å². The van der Waals surface area contributed by atoms with Crippen LogP contribution in [0.15, 0.2) is 0 Å². The number of hydrogen-bond acceptors (Lipinski definition) is 8. The minimum Gasteiger partial charge on any atom is -0.360 e. The number of rotatable bonds is 7. The molecule has 2 aromatic rings. The molecule has 0 atom stereocenters. The van der Waals surface area contributed by atoms with E-state index in [9.17, 15) is 4.79 Å². The molecule has 1 aliphatic carbocycles. The van der Waals surface area contributed by atoms with Crippen LogP contribution >= 0.6 is 22.7 Å². The highest BCUT2D eigenvalue weighted by Gasteiger charge is 2.28. The molecular formula is C16H24N6OS2. The van der Waals surface area contributed by atoms with Crippen LogP contribution in [0.3, 0.4) is 0 Å². The molecule has 0 saturated heterocycles. The van der Waals surface area contributed by atoms with E-state index in [1.165, 1.54) is 11.3 Å². The summed E-state index contributed by atoms with van der Waals surface area (Å²) in [7, 11) is 0. The van der Waals surface area contributed by atoms with Crippen LogP contribution in [0.5, 0.6) is 0 Å². The summed E-state index contributed by atoms with van der Waals surface area (Å²) in [5.74, 6) is 0.917. The summed E-state index contributed by atoms with van der Waals surface area (Å²) in [4.78, 5) is 11.4. The summed E-state index contributed by atoms with van der Waals surface area (Å²) in [6.07, 6.45) is 5.91.